The minimum absolute atomic E-state index is 0.281. The number of halogens is 2. The number of aliphatic hydroxyl groups is 1. The molecule has 0 fully saturated rings. The van der Waals surface area contributed by atoms with E-state index in [-0.39, 0.29) is 6.42 Å². The second-order valence-electron chi connectivity index (χ2n) is 5.12. The lowest BCUT2D eigenvalue weighted by Crippen LogP contribution is -2.34. The number of hydrogen-bond acceptors (Lipinski definition) is 3. The molecule has 0 amide bonds. The molecule has 2 unspecified atom stereocenters. The van der Waals surface area contributed by atoms with Crippen molar-refractivity contribution in [2.24, 2.45) is 0 Å². The van der Waals surface area contributed by atoms with Gasteiger partial charge in [-0.3, -0.25) is 0 Å². The highest BCUT2D eigenvalue weighted by Crippen LogP contribution is 2.33. The van der Waals surface area contributed by atoms with Crippen LogP contribution in [0.1, 0.15) is 17.2 Å². The highest BCUT2D eigenvalue weighted by Gasteiger charge is 2.36. The van der Waals surface area contributed by atoms with Crippen LogP contribution in [-0.4, -0.2) is 19.6 Å². The van der Waals surface area contributed by atoms with Gasteiger partial charge >= 0.3 is 0 Å². The topological polar surface area (TPSA) is 66.4 Å². The second kappa shape index (κ2) is 5.42. The van der Waals surface area contributed by atoms with Gasteiger partial charge in [0.25, 0.3) is 0 Å². The maximum Gasteiger partial charge on any atom is 0.247 e. The summed E-state index contributed by atoms with van der Waals surface area (Å²) in [6.45, 7) is 0. The average Bonchev–Trinajstić information content (AvgIpc) is 2.74. The Morgan fingerprint density at radius 3 is 2.36 bits per heavy atom. The van der Waals surface area contributed by atoms with Crippen LogP contribution in [0.4, 0.5) is 8.78 Å². The lowest BCUT2D eigenvalue weighted by Gasteiger charge is -2.18. The van der Waals surface area contributed by atoms with Crippen molar-refractivity contribution in [2.45, 2.75) is 23.5 Å². The summed E-state index contributed by atoms with van der Waals surface area (Å²) in [5.74, 6) is -2.35. The van der Waals surface area contributed by atoms with Gasteiger partial charge in [0, 0.05) is 6.42 Å². The second-order valence-corrected chi connectivity index (χ2v) is 6.77. The van der Waals surface area contributed by atoms with Crippen LogP contribution < -0.4 is 4.72 Å². The molecule has 2 N–H and O–H groups in total. The monoisotopic (exact) mass is 325 g/mol. The fourth-order valence-electron chi connectivity index (χ4n) is 2.68. The molecule has 2 aromatic carbocycles. The van der Waals surface area contributed by atoms with Crippen LogP contribution in [0.2, 0.25) is 0 Å². The molecule has 4 nitrogen and oxygen atoms in total. The van der Waals surface area contributed by atoms with Crippen LogP contribution >= 0.6 is 0 Å². The van der Waals surface area contributed by atoms with Crippen molar-refractivity contribution in [3.8, 4) is 0 Å². The molecule has 0 heterocycles. The van der Waals surface area contributed by atoms with E-state index in [9.17, 15) is 22.3 Å². The molecule has 2 aromatic rings. The Kier molecular flexibility index (Phi) is 3.72. The molecule has 0 spiro atoms. The zero-order chi connectivity index (χ0) is 15.9. The molecule has 2 atom stereocenters. The third-order valence-electron chi connectivity index (χ3n) is 3.67. The number of rotatable bonds is 3. The first-order valence-corrected chi connectivity index (χ1v) is 8.10. The van der Waals surface area contributed by atoms with Crippen LogP contribution in [0, 0.1) is 11.6 Å². The van der Waals surface area contributed by atoms with Crippen LogP contribution in [-0.2, 0) is 16.4 Å². The maximum absolute atomic E-state index is 13.7. The predicted octanol–water partition coefficient (Wildman–Crippen LogP) is 1.90. The van der Waals surface area contributed by atoms with E-state index in [0.29, 0.717) is 5.56 Å². The van der Waals surface area contributed by atoms with Crippen molar-refractivity contribution in [1.82, 2.24) is 4.72 Å². The number of hydrogen-bond donors (Lipinski definition) is 2. The number of aliphatic hydroxyl groups excluding tert-OH is 1. The molecule has 0 aliphatic heterocycles. The first kappa shape index (κ1) is 15.1. The van der Waals surface area contributed by atoms with Crippen molar-refractivity contribution < 1.29 is 22.3 Å². The zero-order valence-corrected chi connectivity index (χ0v) is 12.1. The molecule has 3 rings (SSSR count). The molecule has 1 aliphatic carbocycles. The molecule has 7 heteroatoms. The van der Waals surface area contributed by atoms with Crippen LogP contribution in [0.25, 0.3) is 0 Å². The van der Waals surface area contributed by atoms with E-state index in [2.05, 4.69) is 4.72 Å². The summed E-state index contributed by atoms with van der Waals surface area (Å²) < 4.78 is 54.2. The highest BCUT2D eigenvalue weighted by atomic mass is 32.2. The van der Waals surface area contributed by atoms with E-state index in [1.165, 1.54) is 0 Å². The molecule has 0 radical (unpaired) electrons. The average molecular weight is 325 g/mol. The van der Waals surface area contributed by atoms with Gasteiger partial charge in [0.1, 0.15) is 11.6 Å². The minimum Gasteiger partial charge on any atom is -0.391 e. The summed E-state index contributed by atoms with van der Waals surface area (Å²) in [6, 6.07) is 8.84. The predicted molar refractivity (Wildman–Crippen MR) is 75.6 cm³/mol. The molecule has 0 saturated carbocycles. The third-order valence-corrected chi connectivity index (χ3v) is 5.17. The summed E-state index contributed by atoms with van der Waals surface area (Å²) in [7, 11) is -4.44. The standard InChI is InChI=1S/C15H13F2NO3S/c16-11-6-3-7-12(17)15(11)22(20,21)18-14-10-5-2-1-4-9(10)8-13(14)19/h1-7,13-14,18-19H,8H2. The zero-order valence-electron chi connectivity index (χ0n) is 11.3. The largest absolute Gasteiger partial charge is 0.391 e. The van der Waals surface area contributed by atoms with E-state index in [0.717, 1.165) is 23.8 Å². The highest BCUT2D eigenvalue weighted by molar-refractivity contribution is 7.89. The van der Waals surface area contributed by atoms with Crippen LogP contribution in [0.3, 0.4) is 0 Å². The Morgan fingerprint density at radius 1 is 1.05 bits per heavy atom. The van der Waals surface area contributed by atoms with Gasteiger partial charge < -0.3 is 5.11 Å². The van der Waals surface area contributed by atoms with Crippen LogP contribution in [0.15, 0.2) is 47.4 Å². The van der Waals surface area contributed by atoms with E-state index in [1.54, 1.807) is 24.3 Å². The summed E-state index contributed by atoms with van der Waals surface area (Å²) in [6.07, 6.45) is -0.703. The van der Waals surface area contributed by atoms with E-state index < -0.39 is 38.7 Å². The van der Waals surface area contributed by atoms with Gasteiger partial charge in [-0.05, 0) is 23.3 Å². The number of sulfonamides is 1. The van der Waals surface area contributed by atoms with Gasteiger partial charge in [-0.1, -0.05) is 30.3 Å². The first-order chi connectivity index (χ1) is 10.4. The summed E-state index contributed by atoms with van der Waals surface area (Å²) in [5, 5.41) is 10.0. The molecule has 0 bridgehead atoms. The normalized spacial score (nSPS) is 20.9. The van der Waals surface area contributed by atoms with Gasteiger partial charge in [0.05, 0.1) is 12.1 Å². The molecule has 0 saturated heterocycles. The van der Waals surface area contributed by atoms with Gasteiger partial charge in [-0.2, -0.15) is 0 Å². The molecule has 22 heavy (non-hydrogen) atoms. The Bertz CT molecular complexity index is 803. The molecule has 116 valence electrons. The van der Waals surface area contributed by atoms with Gasteiger partial charge in [0.2, 0.25) is 10.0 Å². The number of benzene rings is 2. The third kappa shape index (κ3) is 2.51. The lowest BCUT2D eigenvalue weighted by molar-refractivity contribution is 0.151. The van der Waals surface area contributed by atoms with Crippen molar-refractivity contribution in [3.63, 3.8) is 0 Å². The Hall–Kier alpha value is -1.83. The quantitative estimate of drug-likeness (QED) is 0.906. The Balaban J connectivity index is 1.99. The van der Waals surface area contributed by atoms with E-state index in [4.69, 9.17) is 0 Å². The van der Waals surface area contributed by atoms with Crippen molar-refractivity contribution in [2.75, 3.05) is 0 Å². The summed E-state index contributed by atoms with van der Waals surface area (Å²) in [5.41, 5.74) is 1.41. The van der Waals surface area contributed by atoms with Crippen molar-refractivity contribution >= 4 is 10.0 Å². The van der Waals surface area contributed by atoms with Crippen molar-refractivity contribution in [3.05, 3.63) is 65.2 Å². The minimum atomic E-state index is -4.44. The number of nitrogens with one attached hydrogen (secondary N) is 1. The van der Waals surface area contributed by atoms with E-state index >= 15 is 0 Å². The molecular weight excluding hydrogens is 312 g/mol. The van der Waals surface area contributed by atoms with Crippen LogP contribution in [0.5, 0.6) is 0 Å². The lowest BCUT2D eigenvalue weighted by atomic mass is 10.1. The SMILES string of the molecule is O=S(=O)(NC1c2ccccc2CC1O)c1c(F)cccc1F. The number of fused-ring (bicyclic) bond motifs is 1. The van der Waals surface area contributed by atoms with Gasteiger partial charge in [-0.25, -0.2) is 21.9 Å². The van der Waals surface area contributed by atoms with Crippen molar-refractivity contribution in [1.29, 1.82) is 0 Å². The van der Waals surface area contributed by atoms with Gasteiger partial charge in [0.15, 0.2) is 4.90 Å². The molecular formula is C15H13F2NO3S. The smallest absolute Gasteiger partial charge is 0.247 e. The fourth-order valence-corrected chi connectivity index (χ4v) is 4.07. The Morgan fingerprint density at radius 2 is 1.68 bits per heavy atom. The Labute approximate surface area is 126 Å². The van der Waals surface area contributed by atoms with Gasteiger partial charge in [-0.15, -0.1) is 0 Å². The first-order valence-electron chi connectivity index (χ1n) is 6.62. The fraction of sp³-hybridized carbons (Fsp3) is 0.200. The molecule has 0 aromatic heterocycles. The summed E-state index contributed by atoms with van der Waals surface area (Å²) in [4.78, 5) is -1.04. The summed E-state index contributed by atoms with van der Waals surface area (Å²) >= 11 is 0. The van der Waals surface area contributed by atoms with E-state index in [1.807, 2.05) is 0 Å². The maximum atomic E-state index is 13.7. The molecule has 1 aliphatic rings.